The van der Waals surface area contributed by atoms with E-state index in [1.54, 1.807) is 38.1 Å². The Morgan fingerprint density at radius 3 is 2.33 bits per heavy atom. The molecule has 0 fully saturated rings. The highest BCUT2D eigenvalue weighted by molar-refractivity contribution is 9.10. The smallest absolute Gasteiger partial charge is 0.328 e. The summed E-state index contributed by atoms with van der Waals surface area (Å²) >= 11 is 3.29. The highest BCUT2D eigenvalue weighted by Crippen LogP contribution is 2.33. The zero-order valence-corrected chi connectivity index (χ0v) is 13.8. The lowest BCUT2D eigenvalue weighted by atomic mass is 9.76. The Morgan fingerprint density at radius 1 is 1.33 bits per heavy atom. The largest absolute Gasteiger partial charge is 0.480 e. The Labute approximate surface area is 132 Å². The van der Waals surface area contributed by atoms with E-state index in [9.17, 15) is 14.7 Å². The van der Waals surface area contributed by atoms with Crippen molar-refractivity contribution in [1.82, 2.24) is 0 Å². The summed E-state index contributed by atoms with van der Waals surface area (Å²) in [4.78, 5) is 24.3. The molecule has 0 aromatic heterocycles. The highest BCUT2D eigenvalue weighted by atomic mass is 79.9. The van der Waals surface area contributed by atoms with Gasteiger partial charge < -0.3 is 14.6 Å². The summed E-state index contributed by atoms with van der Waals surface area (Å²) in [5.41, 5.74) is -1.40. The quantitative estimate of drug-likeness (QED) is 0.599. The van der Waals surface area contributed by atoms with Crippen molar-refractivity contribution in [2.75, 3.05) is 13.7 Å². The second-order valence-corrected chi connectivity index (χ2v) is 5.60. The Hall–Kier alpha value is -1.40. The van der Waals surface area contributed by atoms with E-state index in [4.69, 9.17) is 9.47 Å². The number of carbonyl (C=O) groups is 2. The average molecular weight is 359 g/mol. The Kier molecular flexibility index (Phi) is 6.36. The van der Waals surface area contributed by atoms with Crippen LogP contribution in [0.1, 0.15) is 25.8 Å². The molecule has 0 bridgehead atoms. The van der Waals surface area contributed by atoms with Crippen LogP contribution in [0, 0.1) is 0 Å². The highest BCUT2D eigenvalue weighted by Gasteiger charge is 2.50. The number of ether oxygens (including phenoxy) is 2. The zero-order chi connectivity index (χ0) is 16.0. The Morgan fingerprint density at radius 2 is 1.90 bits per heavy atom. The number of hydrogen-bond donors (Lipinski definition) is 1. The fraction of sp³-hybridized carbons (Fsp3) is 0.467. The first-order valence-electron chi connectivity index (χ1n) is 6.58. The van der Waals surface area contributed by atoms with Crippen molar-refractivity contribution in [3.05, 3.63) is 34.3 Å². The van der Waals surface area contributed by atoms with Crippen molar-refractivity contribution in [2.24, 2.45) is 0 Å². The summed E-state index contributed by atoms with van der Waals surface area (Å²) in [6.07, 6.45) is -0.409. The van der Waals surface area contributed by atoms with E-state index >= 15 is 0 Å². The summed E-state index contributed by atoms with van der Waals surface area (Å²) in [6.45, 7) is 3.48. The van der Waals surface area contributed by atoms with Crippen LogP contribution >= 0.6 is 15.9 Å². The molecular weight excluding hydrogens is 340 g/mol. The lowest BCUT2D eigenvalue weighted by Gasteiger charge is -2.29. The monoisotopic (exact) mass is 358 g/mol. The van der Waals surface area contributed by atoms with Crippen molar-refractivity contribution in [2.45, 2.75) is 31.8 Å². The molecule has 21 heavy (non-hydrogen) atoms. The number of benzene rings is 1. The van der Waals surface area contributed by atoms with Crippen LogP contribution in [0.25, 0.3) is 0 Å². The minimum absolute atomic E-state index is 0.000695. The Bertz CT molecular complexity index is 499. The maximum absolute atomic E-state index is 12.4. The fourth-order valence-corrected chi connectivity index (χ4v) is 2.38. The van der Waals surface area contributed by atoms with Crippen LogP contribution in [0.5, 0.6) is 0 Å². The number of aliphatic carboxylic acids is 1. The number of methoxy groups -OCH3 is 1. The third kappa shape index (κ3) is 3.83. The molecule has 116 valence electrons. The van der Waals surface area contributed by atoms with Gasteiger partial charge in [-0.15, -0.1) is 0 Å². The van der Waals surface area contributed by atoms with Crippen LogP contribution in [0.15, 0.2) is 28.7 Å². The number of halogens is 1. The van der Waals surface area contributed by atoms with Gasteiger partial charge in [0.2, 0.25) is 0 Å². The minimum atomic E-state index is -1.77. The van der Waals surface area contributed by atoms with Gasteiger partial charge in [0.05, 0.1) is 12.7 Å². The molecular formula is C15H19BrO5. The van der Waals surface area contributed by atoms with Crippen LogP contribution in [0.3, 0.4) is 0 Å². The third-order valence-corrected chi connectivity index (χ3v) is 3.85. The molecule has 0 saturated heterocycles. The van der Waals surface area contributed by atoms with Crippen molar-refractivity contribution < 1.29 is 24.2 Å². The van der Waals surface area contributed by atoms with Gasteiger partial charge in [-0.05, 0) is 31.5 Å². The number of hydrogen-bond acceptors (Lipinski definition) is 4. The molecule has 6 heteroatoms. The van der Waals surface area contributed by atoms with Gasteiger partial charge in [-0.1, -0.05) is 28.1 Å². The molecule has 0 heterocycles. The van der Waals surface area contributed by atoms with E-state index in [1.165, 1.54) is 7.11 Å². The number of carboxylic acid groups (broad SMARTS) is 1. The van der Waals surface area contributed by atoms with Gasteiger partial charge in [-0.25, -0.2) is 0 Å². The lowest BCUT2D eigenvalue weighted by molar-refractivity contribution is -0.163. The van der Waals surface area contributed by atoms with E-state index in [2.05, 4.69) is 15.9 Å². The number of carboxylic acids is 1. The number of rotatable bonds is 7. The molecule has 5 nitrogen and oxygen atoms in total. The molecule has 1 rings (SSSR count). The molecule has 0 amide bonds. The fourth-order valence-electron chi connectivity index (χ4n) is 2.12. The topological polar surface area (TPSA) is 72.8 Å². The zero-order valence-electron chi connectivity index (χ0n) is 12.3. The van der Waals surface area contributed by atoms with Crippen molar-refractivity contribution in [3.63, 3.8) is 0 Å². The van der Waals surface area contributed by atoms with E-state index < -0.39 is 23.5 Å². The first kappa shape index (κ1) is 17.7. The van der Waals surface area contributed by atoms with Gasteiger partial charge in [0, 0.05) is 18.0 Å². The SMILES string of the molecule is CCOC(=O)C(CC(C)OC)(C(=O)O)c1ccc(Br)cc1. The van der Waals surface area contributed by atoms with Gasteiger partial charge in [-0.3, -0.25) is 9.59 Å². The minimum Gasteiger partial charge on any atom is -0.480 e. The van der Waals surface area contributed by atoms with Gasteiger partial charge in [0.1, 0.15) is 0 Å². The second kappa shape index (κ2) is 7.56. The summed E-state index contributed by atoms with van der Waals surface area (Å²) in [7, 11) is 1.48. The van der Waals surface area contributed by atoms with Crippen LogP contribution in [-0.2, 0) is 24.5 Å². The summed E-state index contributed by atoms with van der Waals surface area (Å²) in [6, 6.07) is 6.61. The standard InChI is InChI=1S/C15H19BrO5/c1-4-21-14(19)15(13(17)18,9-10(2)20-3)11-5-7-12(16)8-6-11/h5-8,10H,4,9H2,1-3H3,(H,17,18). The number of esters is 1. The molecule has 0 spiro atoms. The molecule has 1 aromatic rings. The van der Waals surface area contributed by atoms with Crippen LogP contribution < -0.4 is 0 Å². The van der Waals surface area contributed by atoms with Crippen molar-refractivity contribution in [3.8, 4) is 0 Å². The lowest BCUT2D eigenvalue weighted by Crippen LogP contribution is -2.47. The molecule has 2 atom stereocenters. The van der Waals surface area contributed by atoms with Crippen LogP contribution in [-0.4, -0.2) is 36.9 Å². The van der Waals surface area contributed by atoms with Crippen LogP contribution in [0.4, 0.5) is 0 Å². The maximum Gasteiger partial charge on any atom is 0.328 e. The summed E-state index contributed by atoms with van der Waals surface area (Å²) < 4.78 is 11.0. The van der Waals surface area contributed by atoms with E-state index in [0.717, 1.165) is 4.47 Å². The van der Waals surface area contributed by atoms with Gasteiger partial charge in [0.15, 0.2) is 5.41 Å². The first-order valence-corrected chi connectivity index (χ1v) is 7.37. The third-order valence-electron chi connectivity index (χ3n) is 3.32. The normalized spacial score (nSPS) is 15.0. The molecule has 1 aromatic carbocycles. The molecule has 0 aliphatic rings. The molecule has 1 N–H and O–H groups in total. The molecule has 0 saturated carbocycles. The molecule has 2 unspecified atom stereocenters. The number of carbonyl (C=O) groups excluding carboxylic acids is 1. The van der Waals surface area contributed by atoms with E-state index in [1.807, 2.05) is 0 Å². The maximum atomic E-state index is 12.4. The average Bonchev–Trinajstić information content (AvgIpc) is 2.45. The second-order valence-electron chi connectivity index (χ2n) is 4.69. The molecule has 0 radical (unpaired) electrons. The first-order chi connectivity index (χ1) is 9.88. The predicted molar refractivity (Wildman–Crippen MR) is 81.2 cm³/mol. The molecule has 0 aliphatic carbocycles. The van der Waals surface area contributed by atoms with Gasteiger partial charge >= 0.3 is 11.9 Å². The van der Waals surface area contributed by atoms with E-state index in [-0.39, 0.29) is 13.0 Å². The van der Waals surface area contributed by atoms with Gasteiger partial charge in [-0.2, -0.15) is 0 Å². The Balaban J connectivity index is 3.39. The van der Waals surface area contributed by atoms with Gasteiger partial charge in [0.25, 0.3) is 0 Å². The summed E-state index contributed by atoms with van der Waals surface area (Å²) in [5, 5.41) is 9.72. The molecule has 0 aliphatic heterocycles. The predicted octanol–water partition coefficient (Wildman–Crippen LogP) is 2.76. The van der Waals surface area contributed by atoms with Crippen LogP contribution in [0.2, 0.25) is 0 Å². The van der Waals surface area contributed by atoms with Crippen molar-refractivity contribution in [1.29, 1.82) is 0 Å². The van der Waals surface area contributed by atoms with Crippen molar-refractivity contribution >= 4 is 27.9 Å². The summed E-state index contributed by atoms with van der Waals surface area (Å²) in [5.74, 6) is -2.02. The van der Waals surface area contributed by atoms with E-state index in [0.29, 0.717) is 5.56 Å².